The van der Waals surface area contributed by atoms with Crippen molar-refractivity contribution in [2.24, 2.45) is 0 Å². The molecule has 1 heterocycles. The summed E-state index contributed by atoms with van der Waals surface area (Å²) < 4.78 is 1.46. The van der Waals surface area contributed by atoms with Gasteiger partial charge in [0.2, 0.25) is 5.43 Å². The molecule has 7 heteroatoms. The van der Waals surface area contributed by atoms with Gasteiger partial charge in [0.25, 0.3) is 0 Å². The summed E-state index contributed by atoms with van der Waals surface area (Å²) in [5.41, 5.74) is 0.0411. The van der Waals surface area contributed by atoms with Crippen molar-refractivity contribution in [2.45, 2.75) is 26.2 Å². The molecule has 0 N–H and O–H groups in total. The number of halogens is 1. The van der Waals surface area contributed by atoms with E-state index in [1.165, 1.54) is 4.68 Å². The van der Waals surface area contributed by atoms with E-state index >= 15 is 0 Å². The molecule has 2 aromatic rings. The van der Waals surface area contributed by atoms with E-state index in [4.69, 9.17) is 11.6 Å². The van der Waals surface area contributed by atoms with Gasteiger partial charge >= 0.3 is 29.6 Å². The second kappa shape index (κ2) is 8.48. The number of nitrogens with zero attached hydrogens (tertiary/aromatic N) is 2. The van der Waals surface area contributed by atoms with Crippen LogP contribution in [0.15, 0.2) is 35.3 Å². The summed E-state index contributed by atoms with van der Waals surface area (Å²) in [5, 5.41) is 15.9. The fourth-order valence-corrected chi connectivity index (χ4v) is 2.22. The zero-order valence-corrected chi connectivity index (χ0v) is 15.3. The molecule has 0 atom stereocenters. The van der Waals surface area contributed by atoms with E-state index < -0.39 is 11.4 Å². The minimum Gasteiger partial charge on any atom is -0.545 e. The molecule has 0 aliphatic rings. The van der Waals surface area contributed by atoms with Crippen LogP contribution in [0, 0.1) is 0 Å². The van der Waals surface area contributed by atoms with Gasteiger partial charge < -0.3 is 9.90 Å². The summed E-state index contributed by atoms with van der Waals surface area (Å²) in [4.78, 5) is 23.0. The van der Waals surface area contributed by atoms with E-state index in [-0.39, 0.29) is 35.1 Å². The summed E-state index contributed by atoms with van der Waals surface area (Å²) in [6, 6.07) is 6.79. The summed E-state index contributed by atoms with van der Waals surface area (Å²) in [5.74, 6) is -1.48. The molecule has 0 unspecified atom stereocenters. The zero-order chi connectivity index (χ0) is 15.4. The Balaban J connectivity index is 0.00000242. The zero-order valence-electron chi connectivity index (χ0n) is 12.5. The number of benzene rings is 1. The quantitative estimate of drug-likeness (QED) is 0.632. The number of carbonyl (C=O) groups excluding carboxylic acids is 1. The Morgan fingerprint density at radius 2 is 1.95 bits per heavy atom. The van der Waals surface area contributed by atoms with Crippen LogP contribution in [0.1, 0.15) is 35.8 Å². The van der Waals surface area contributed by atoms with Crippen LogP contribution < -0.4 is 40.1 Å². The maximum Gasteiger partial charge on any atom is 1.00 e. The number of aromatic carboxylic acids is 1. The molecule has 0 aliphatic heterocycles. The van der Waals surface area contributed by atoms with Crippen molar-refractivity contribution in [1.82, 2.24) is 9.78 Å². The van der Waals surface area contributed by atoms with Gasteiger partial charge in [-0.3, -0.25) is 4.79 Å². The van der Waals surface area contributed by atoms with Crippen LogP contribution in [0.5, 0.6) is 0 Å². The van der Waals surface area contributed by atoms with E-state index in [0.717, 1.165) is 19.0 Å². The van der Waals surface area contributed by atoms with Crippen LogP contribution >= 0.6 is 11.6 Å². The normalized spacial score (nSPS) is 10.1. The van der Waals surface area contributed by atoms with Crippen LogP contribution in [0.3, 0.4) is 0 Å². The molecule has 110 valence electrons. The average molecular weight is 329 g/mol. The predicted molar refractivity (Wildman–Crippen MR) is 77.8 cm³/mol. The smallest absolute Gasteiger partial charge is 0.545 e. The minimum absolute atomic E-state index is 0. The molecule has 0 radical (unpaired) electrons. The standard InChI is InChI=1S/C15H15ClN2O3.Na/c1-2-3-4-12-14(15(20)21)13(19)9-17-18(12)11-7-5-10(16)6-8-11;/h5-9H,2-4H2,1H3,(H,20,21);/q;+1/p-1. The Hall–Kier alpha value is -1.14. The second-order valence-corrected chi connectivity index (χ2v) is 5.05. The molecule has 1 aromatic carbocycles. The molecule has 2 rings (SSSR count). The van der Waals surface area contributed by atoms with Crippen molar-refractivity contribution in [3.63, 3.8) is 0 Å². The molecule has 0 saturated carbocycles. The Kier molecular flexibility index (Phi) is 7.29. The van der Waals surface area contributed by atoms with Gasteiger partial charge in [-0.1, -0.05) is 24.9 Å². The number of hydrogen-bond acceptors (Lipinski definition) is 4. The van der Waals surface area contributed by atoms with Crippen molar-refractivity contribution < 1.29 is 39.5 Å². The molecule has 0 fully saturated rings. The maximum absolute atomic E-state index is 11.8. The third kappa shape index (κ3) is 4.20. The number of carbonyl (C=O) groups is 1. The van der Waals surface area contributed by atoms with Gasteiger partial charge in [0, 0.05) is 5.02 Å². The second-order valence-electron chi connectivity index (χ2n) is 4.61. The van der Waals surface area contributed by atoms with E-state index in [1.807, 2.05) is 6.92 Å². The Morgan fingerprint density at radius 3 is 2.50 bits per heavy atom. The molecule has 5 nitrogen and oxygen atoms in total. The van der Waals surface area contributed by atoms with Crippen molar-refractivity contribution >= 4 is 17.6 Å². The number of rotatable bonds is 5. The minimum atomic E-state index is -1.48. The molecule has 0 spiro atoms. The molecule has 1 aromatic heterocycles. The Bertz CT molecular complexity index is 714. The summed E-state index contributed by atoms with van der Waals surface area (Å²) in [7, 11) is 0. The van der Waals surface area contributed by atoms with E-state index in [9.17, 15) is 14.7 Å². The van der Waals surface area contributed by atoms with E-state index in [2.05, 4.69) is 5.10 Å². The molecule has 0 bridgehead atoms. The molecule has 0 saturated heterocycles. The third-order valence-corrected chi connectivity index (χ3v) is 3.38. The Morgan fingerprint density at radius 1 is 1.32 bits per heavy atom. The number of carboxylic acid groups (broad SMARTS) is 1. The van der Waals surface area contributed by atoms with Crippen LogP contribution in [-0.4, -0.2) is 15.7 Å². The fraction of sp³-hybridized carbons (Fsp3) is 0.267. The fourth-order valence-electron chi connectivity index (χ4n) is 2.09. The van der Waals surface area contributed by atoms with Gasteiger partial charge in [-0.25, -0.2) is 4.68 Å². The number of aromatic nitrogens is 2. The van der Waals surface area contributed by atoms with Crippen molar-refractivity contribution in [3.8, 4) is 5.69 Å². The van der Waals surface area contributed by atoms with Crippen molar-refractivity contribution in [1.29, 1.82) is 0 Å². The first-order valence-corrected chi connectivity index (χ1v) is 7.01. The molecule has 22 heavy (non-hydrogen) atoms. The number of unbranched alkanes of at least 4 members (excludes halogenated alkanes) is 1. The van der Waals surface area contributed by atoms with Gasteiger partial charge in [-0.2, -0.15) is 5.10 Å². The molecular weight excluding hydrogens is 315 g/mol. The molecule has 0 amide bonds. The first-order chi connectivity index (χ1) is 10.0. The topological polar surface area (TPSA) is 75.0 Å². The first-order valence-electron chi connectivity index (χ1n) is 6.63. The van der Waals surface area contributed by atoms with Crippen LogP contribution in [-0.2, 0) is 6.42 Å². The predicted octanol–water partition coefficient (Wildman–Crippen LogP) is -1.40. The van der Waals surface area contributed by atoms with Gasteiger partial charge in [0.05, 0.1) is 29.1 Å². The van der Waals surface area contributed by atoms with E-state index in [0.29, 0.717) is 22.8 Å². The monoisotopic (exact) mass is 328 g/mol. The first kappa shape index (κ1) is 18.9. The number of carboxylic acids is 1. The summed E-state index contributed by atoms with van der Waals surface area (Å²) >= 11 is 5.85. The van der Waals surface area contributed by atoms with Crippen molar-refractivity contribution in [2.75, 3.05) is 0 Å². The van der Waals surface area contributed by atoms with Crippen LogP contribution in [0.2, 0.25) is 5.02 Å². The Labute approximate surface area is 155 Å². The molecular formula is C15H14ClN2NaO3. The third-order valence-electron chi connectivity index (χ3n) is 3.12. The average Bonchev–Trinajstić information content (AvgIpc) is 2.45. The SMILES string of the molecule is CCCCc1c(C(=O)[O-])c(=O)cnn1-c1ccc(Cl)cc1.[Na+]. The largest absolute Gasteiger partial charge is 1.00 e. The summed E-state index contributed by atoms with van der Waals surface area (Å²) in [6.45, 7) is 1.99. The molecule has 0 aliphatic carbocycles. The maximum atomic E-state index is 11.8. The van der Waals surface area contributed by atoms with Gasteiger partial charge in [-0.15, -0.1) is 0 Å². The number of hydrogen-bond donors (Lipinski definition) is 0. The van der Waals surface area contributed by atoms with Gasteiger partial charge in [0.1, 0.15) is 0 Å². The van der Waals surface area contributed by atoms with Gasteiger partial charge in [-0.05, 0) is 37.1 Å². The van der Waals surface area contributed by atoms with Gasteiger partial charge in [0.15, 0.2) is 0 Å². The summed E-state index contributed by atoms with van der Waals surface area (Å²) in [6.07, 6.45) is 3.05. The van der Waals surface area contributed by atoms with Crippen LogP contribution in [0.4, 0.5) is 0 Å². The van der Waals surface area contributed by atoms with Crippen molar-refractivity contribution in [3.05, 3.63) is 57.0 Å². The van der Waals surface area contributed by atoms with Crippen LogP contribution in [0.25, 0.3) is 5.69 Å². The van der Waals surface area contributed by atoms with E-state index in [1.54, 1.807) is 24.3 Å².